The molecular formula is C22H33NO15. The Labute approximate surface area is 215 Å². The SMILES string of the molecule is CCOc1c(NCCO[C@H]2OC(CO)[C@@H](O)[C@H](O)C2O[C@H]2OC(CCC(=O)O)[C@@H](O)[C@H](O)C2O)c(=O)c1=O. The van der Waals surface area contributed by atoms with Gasteiger partial charge in [-0.25, -0.2) is 0 Å². The fourth-order valence-corrected chi connectivity index (χ4v) is 4.19. The second-order valence-electron chi connectivity index (χ2n) is 8.85. The molecule has 2 heterocycles. The zero-order valence-electron chi connectivity index (χ0n) is 20.4. The van der Waals surface area contributed by atoms with Crippen LogP contribution in [0.5, 0.6) is 5.75 Å². The van der Waals surface area contributed by atoms with Crippen LogP contribution in [0.1, 0.15) is 19.8 Å². The Balaban J connectivity index is 1.67. The maximum absolute atomic E-state index is 11.7. The molecule has 0 bridgehead atoms. The molecule has 2 aliphatic rings. The molecule has 0 spiro atoms. The van der Waals surface area contributed by atoms with Gasteiger partial charge in [0, 0.05) is 13.0 Å². The summed E-state index contributed by atoms with van der Waals surface area (Å²) in [5.74, 6) is -1.29. The summed E-state index contributed by atoms with van der Waals surface area (Å²) in [6, 6.07) is 0. The maximum Gasteiger partial charge on any atom is 0.303 e. The fraction of sp³-hybridized carbons (Fsp3) is 0.773. The van der Waals surface area contributed by atoms with Crippen LogP contribution in [-0.4, -0.2) is 129 Å². The van der Waals surface area contributed by atoms with Crippen molar-refractivity contribution in [2.45, 2.75) is 81.2 Å². The molecule has 3 rings (SSSR count). The summed E-state index contributed by atoms with van der Waals surface area (Å²) in [7, 11) is 0. The van der Waals surface area contributed by atoms with Gasteiger partial charge in [-0.15, -0.1) is 0 Å². The first-order chi connectivity index (χ1) is 18.0. The average molecular weight is 551 g/mol. The van der Waals surface area contributed by atoms with Gasteiger partial charge in [-0.2, -0.15) is 0 Å². The van der Waals surface area contributed by atoms with Crippen LogP contribution in [0.2, 0.25) is 0 Å². The minimum atomic E-state index is -1.83. The van der Waals surface area contributed by atoms with Crippen LogP contribution >= 0.6 is 0 Å². The highest BCUT2D eigenvalue weighted by Crippen LogP contribution is 2.30. The molecule has 16 nitrogen and oxygen atoms in total. The third-order valence-corrected chi connectivity index (χ3v) is 6.27. The third kappa shape index (κ3) is 6.48. The molecule has 2 aliphatic heterocycles. The van der Waals surface area contributed by atoms with Crippen molar-refractivity contribution in [3.05, 3.63) is 20.4 Å². The summed E-state index contributed by atoms with van der Waals surface area (Å²) in [6.07, 6.45) is -16.5. The molecule has 1 aromatic rings. The summed E-state index contributed by atoms with van der Waals surface area (Å²) >= 11 is 0. The van der Waals surface area contributed by atoms with E-state index in [-0.39, 0.29) is 37.6 Å². The van der Waals surface area contributed by atoms with Crippen LogP contribution in [0.15, 0.2) is 9.59 Å². The van der Waals surface area contributed by atoms with Gasteiger partial charge >= 0.3 is 5.97 Å². The summed E-state index contributed by atoms with van der Waals surface area (Å²) < 4.78 is 27.2. The lowest BCUT2D eigenvalue weighted by Gasteiger charge is -2.46. The highest BCUT2D eigenvalue weighted by atomic mass is 16.8. The van der Waals surface area contributed by atoms with Crippen LogP contribution < -0.4 is 20.9 Å². The summed E-state index contributed by atoms with van der Waals surface area (Å²) in [5, 5.41) is 72.8. The molecule has 1 aromatic carbocycles. The predicted molar refractivity (Wildman–Crippen MR) is 123 cm³/mol. The van der Waals surface area contributed by atoms with Crippen molar-refractivity contribution in [2.75, 3.05) is 31.7 Å². The first-order valence-electron chi connectivity index (χ1n) is 12.0. The Morgan fingerprint density at radius 2 is 1.58 bits per heavy atom. The highest BCUT2D eigenvalue weighted by Gasteiger charge is 2.50. The first kappa shape index (κ1) is 30.3. The standard InChI is InChI=1S/C22H33NO15/c1-2-34-19-11(14(29)17(19)32)23-5-6-35-22-20(16(31)13(28)9(7-24)37-22)38-21-18(33)15(30)12(27)8(36-21)3-4-10(25)26/h8-9,12-13,15-16,18,20-24,27-28,30-31,33H,2-7H2,1H3,(H,25,26)/t8?,9?,12-,13-,15+,16+,18?,20?,21-,22+/m1/s1. The van der Waals surface area contributed by atoms with Crippen molar-refractivity contribution in [3.63, 3.8) is 0 Å². The van der Waals surface area contributed by atoms with Crippen LogP contribution in [0.25, 0.3) is 0 Å². The number of ether oxygens (including phenoxy) is 5. The van der Waals surface area contributed by atoms with Crippen LogP contribution in [0.3, 0.4) is 0 Å². The molecule has 38 heavy (non-hydrogen) atoms. The monoisotopic (exact) mass is 551 g/mol. The second-order valence-corrected chi connectivity index (χ2v) is 8.85. The van der Waals surface area contributed by atoms with E-state index < -0.39 is 91.3 Å². The molecule has 0 aliphatic carbocycles. The quantitative estimate of drug-likeness (QED) is 0.0851. The van der Waals surface area contributed by atoms with Crippen molar-refractivity contribution in [3.8, 4) is 5.75 Å². The van der Waals surface area contributed by atoms with Gasteiger partial charge in [-0.05, 0) is 13.3 Å². The van der Waals surface area contributed by atoms with E-state index in [2.05, 4.69) is 5.32 Å². The van der Waals surface area contributed by atoms with Gasteiger partial charge in [-0.3, -0.25) is 14.4 Å². The number of carboxylic acid groups (broad SMARTS) is 1. The van der Waals surface area contributed by atoms with Crippen LogP contribution in [0.4, 0.5) is 5.69 Å². The zero-order valence-corrected chi connectivity index (χ0v) is 20.4. The normalized spacial score (nSPS) is 35.8. The zero-order chi connectivity index (χ0) is 28.1. The van der Waals surface area contributed by atoms with Gasteiger partial charge in [0.2, 0.25) is 0 Å². The number of anilines is 1. The third-order valence-electron chi connectivity index (χ3n) is 6.27. The number of carbonyl (C=O) groups is 1. The molecule has 4 unspecified atom stereocenters. The molecule has 8 N–H and O–H groups in total. The number of nitrogens with one attached hydrogen (secondary N) is 1. The highest BCUT2D eigenvalue weighted by molar-refractivity contribution is 5.66. The Morgan fingerprint density at radius 3 is 2.21 bits per heavy atom. The molecule has 10 atom stereocenters. The largest absolute Gasteiger partial charge is 0.488 e. The fourth-order valence-electron chi connectivity index (χ4n) is 4.19. The summed E-state index contributed by atoms with van der Waals surface area (Å²) in [5.41, 5.74) is -1.55. The molecule has 2 saturated heterocycles. The lowest BCUT2D eigenvalue weighted by molar-refractivity contribution is -0.365. The number of rotatable bonds is 13. The Bertz CT molecular complexity index is 996. The first-order valence-corrected chi connectivity index (χ1v) is 12.0. The minimum Gasteiger partial charge on any atom is -0.488 e. The molecule has 2 fully saturated rings. The van der Waals surface area contributed by atoms with Gasteiger partial charge in [-0.1, -0.05) is 0 Å². The van der Waals surface area contributed by atoms with Gasteiger partial charge in [0.25, 0.3) is 10.9 Å². The summed E-state index contributed by atoms with van der Waals surface area (Å²) in [4.78, 5) is 34.2. The maximum atomic E-state index is 11.7. The number of hydrogen-bond donors (Lipinski definition) is 8. The number of aliphatic hydroxyl groups excluding tert-OH is 6. The molecule has 0 aromatic heterocycles. The number of carboxylic acids is 1. The Hall–Kier alpha value is -2.25. The topological polar surface area (TPSA) is 251 Å². The van der Waals surface area contributed by atoms with Crippen molar-refractivity contribution in [1.82, 2.24) is 0 Å². The minimum absolute atomic E-state index is 0.0276. The van der Waals surface area contributed by atoms with Crippen molar-refractivity contribution >= 4 is 11.7 Å². The Morgan fingerprint density at radius 1 is 0.921 bits per heavy atom. The van der Waals surface area contributed by atoms with Gasteiger partial charge in [0.15, 0.2) is 18.3 Å². The number of hydrogen-bond acceptors (Lipinski definition) is 15. The average Bonchev–Trinajstić information content (AvgIpc) is 2.90. The van der Waals surface area contributed by atoms with E-state index in [0.717, 1.165) is 0 Å². The Kier molecular flexibility index (Phi) is 10.5. The van der Waals surface area contributed by atoms with Gasteiger partial charge < -0.3 is 64.7 Å². The van der Waals surface area contributed by atoms with Crippen LogP contribution in [0, 0.1) is 0 Å². The predicted octanol–water partition coefficient (Wildman–Crippen LogP) is -4.39. The lowest BCUT2D eigenvalue weighted by Crippen LogP contribution is -2.64. The van der Waals surface area contributed by atoms with Gasteiger partial charge in [0.1, 0.15) is 48.4 Å². The van der Waals surface area contributed by atoms with Crippen molar-refractivity contribution in [2.24, 2.45) is 0 Å². The number of aliphatic hydroxyl groups is 6. The summed E-state index contributed by atoms with van der Waals surface area (Å²) in [6.45, 7) is 0.876. The van der Waals surface area contributed by atoms with Crippen molar-refractivity contribution in [1.29, 1.82) is 0 Å². The van der Waals surface area contributed by atoms with E-state index in [1.54, 1.807) is 6.92 Å². The van der Waals surface area contributed by atoms with Crippen LogP contribution in [-0.2, 0) is 23.7 Å². The van der Waals surface area contributed by atoms with E-state index in [0.29, 0.717) is 0 Å². The van der Waals surface area contributed by atoms with Gasteiger partial charge in [0.05, 0.1) is 25.9 Å². The molecule has 16 heteroatoms. The van der Waals surface area contributed by atoms with Crippen molar-refractivity contribution < 1.29 is 64.2 Å². The van der Waals surface area contributed by atoms with E-state index in [9.17, 15) is 45.0 Å². The molecule has 216 valence electrons. The van der Waals surface area contributed by atoms with E-state index in [1.165, 1.54) is 0 Å². The van der Waals surface area contributed by atoms with E-state index in [4.69, 9.17) is 28.8 Å². The van der Waals surface area contributed by atoms with E-state index in [1.807, 2.05) is 0 Å². The van der Waals surface area contributed by atoms with E-state index >= 15 is 0 Å². The molecular weight excluding hydrogens is 518 g/mol. The molecule has 0 radical (unpaired) electrons. The smallest absolute Gasteiger partial charge is 0.303 e. The molecule has 0 amide bonds. The number of aliphatic carboxylic acids is 1. The second kappa shape index (κ2) is 13.2. The lowest BCUT2D eigenvalue weighted by atomic mass is 9.95. The molecule has 0 saturated carbocycles.